The molecule has 1 amide bonds. The van der Waals surface area contributed by atoms with Crippen LogP contribution in [0.5, 0.6) is 0 Å². The normalized spacial score (nSPS) is 18.5. The lowest BCUT2D eigenvalue weighted by atomic mass is 9.84. The number of carbonyl (C=O) groups excluding carboxylic acids is 1. The molecule has 1 spiro atoms. The predicted octanol–water partition coefficient (Wildman–Crippen LogP) is 2.85. The monoisotopic (exact) mass is 405 g/mol. The summed E-state index contributed by atoms with van der Waals surface area (Å²) in [5.41, 5.74) is 2.17. The number of likely N-dealkylation sites (N-methyl/N-ethyl adjacent to an activating group) is 1. The Hall–Kier alpha value is -2.93. The first-order valence-corrected chi connectivity index (χ1v) is 10.6. The lowest BCUT2D eigenvalue weighted by Crippen LogP contribution is -2.56. The number of nitrogens with zero attached hydrogens (tertiary/aromatic N) is 5. The van der Waals surface area contributed by atoms with Gasteiger partial charge in [-0.2, -0.15) is 0 Å². The Morgan fingerprint density at radius 1 is 1.13 bits per heavy atom. The van der Waals surface area contributed by atoms with Crippen molar-refractivity contribution in [3.63, 3.8) is 0 Å². The van der Waals surface area contributed by atoms with Gasteiger partial charge in [-0.05, 0) is 50.1 Å². The van der Waals surface area contributed by atoms with E-state index in [-0.39, 0.29) is 11.4 Å². The number of hydrogen-bond acceptors (Lipinski definition) is 5. The van der Waals surface area contributed by atoms with Crippen LogP contribution in [0, 0.1) is 6.92 Å². The van der Waals surface area contributed by atoms with Gasteiger partial charge >= 0.3 is 0 Å². The molecule has 4 heterocycles. The lowest BCUT2D eigenvalue weighted by molar-refractivity contribution is -0.133. The highest BCUT2D eigenvalue weighted by Crippen LogP contribution is 2.39. The van der Waals surface area contributed by atoms with Crippen LogP contribution in [-0.4, -0.2) is 57.2 Å². The third-order valence-electron chi connectivity index (χ3n) is 6.57. The molecule has 1 saturated heterocycles. The molecule has 0 radical (unpaired) electrons. The van der Waals surface area contributed by atoms with Crippen LogP contribution in [0.3, 0.4) is 0 Å². The molecule has 2 aliphatic heterocycles. The maximum absolute atomic E-state index is 13.0. The lowest BCUT2D eigenvalue weighted by Gasteiger charge is -2.48. The first-order chi connectivity index (χ1) is 14.6. The predicted molar refractivity (Wildman–Crippen MR) is 113 cm³/mol. The Balaban J connectivity index is 1.38. The van der Waals surface area contributed by atoms with Crippen LogP contribution in [-0.2, 0) is 23.3 Å². The largest absolute Gasteiger partial charge is 0.461 e. The fraction of sp³-hybridized carbons (Fsp3) is 0.435. The average Bonchev–Trinajstić information content (AvgIpc) is 3.40. The van der Waals surface area contributed by atoms with Crippen molar-refractivity contribution in [2.45, 2.75) is 38.3 Å². The molecule has 0 aliphatic carbocycles. The maximum atomic E-state index is 13.0. The number of rotatable bonds is 3. The highest BCUT2D eigenvalue weighted by molar-refractivity contribution is 5.79. The fourth-order valence-corrected chi connectivity index (χ4v) is 4.99. The number of carbonyl (C=O) groups is 1. The quantitative estimate of drug-likeness (QED) is 0.670. The molecule has 7 nitrogen and oxygen atoms in total. The third-order valence-corrected chi connectivity index (χ3v) is 6.57. The molecule has 5 rings (SSSR count). The number of benzene rings is 1. The number of hydrogen-bond donors (Lipinski definition) is 0. The molecule has 30 heavy (non-hydrogen) atoms. The van der Waals surface area contributed by atoms with Crippen molar-refractivity contribution in [3.8, 4) is 11.6 Å². The van der Waals surface area contributed by atoms with E-state index in [0.29, 0.717) is 6.42 Å². The second-order valence-electron chi connectivity index (χ2n) is 8.63. The van der Waals surface area contributed by atoms with Gasteiger partial charge in [-0.25, -0.2) is 0 Å². The van der Waals surface area contributed by atoms with Crippen molar-refractivity contribution in [1.29, 1.82) is 0 Å². The van der Waals surface area contributed by atoms with Crippen molar-refractivity contribution >= 4 is 5.91 Å². The van der Waals surface area contributed by atoms with E-state index in [2.05, 4.69) is 39.7 Å². The van der Waals surface area contributed by atoms with Gasteiger partial charge < -0.3 is 9.32 Å². The van der Waals surface area contributed by atoms with Gasteiger partial charge in [0.15, 0.2) is 11.6 Å². The molecule has 0 N–H and O–H groups in total. The Morgan fingerprint density at radius 3 is 2.67 bits per heavy atom. The van der Waals surface area contributed by atoms with Crippen molar-refractivity contribution in [3.05, 3.63) is 59.6 Å². The first-order valence-electron chi connectivity index (χ1n) is 10.6. The van der Waals surface area contributed by atoms with E-state index in [4.69, 9.17) is 4.42 Å². The molecule has 2 aromatic heterocycles. The minimum absolute atomic E-state index is 0.118. The summed E-state index contributed by atoms with van der Waals surface area (Å²) in [6.07, 6.45) is 3.91. The SMILES string of the molecule is Cc1ccccc1CC(=O)N1CCC2(CC1)CN(C)Cc1nnc(-c3ccco3)n12. The van der Waals surface area contributed by atoms with Crippen molar-refractivity contribution in [2.24, 2.45) is 0 Å². The molecule has 0 unspecified atom stereocenters. The molecule has 1 fully saturated rings. The second kappa shape index (κ2) is 7.40. The van der Waals surface area contributed by atoms with Gasteiger partial charge in [-0.3, -0.25) is 14.3 Å². The summed E-state index contributed by atoms with van der Waals surface area (Å²) in [5, 5.41) is 8.92. The van der Waals surface area contributed by atoms with Crippen LogP contribution in [0.1, 0.15) is 29.8 Å². The fourth-order valence-electron chi connectivity index (χ4n) is 4.99. The maximum Gasteiger partial charge on any atom is 0.227 e. The summed E-state index contributed by atoms with van der Waals surface area (Å²) < 4.78 is 7.93. The van der Waals surface area contributed by atoms with E-state index in [0.717, 1.165) is 62.0 Å². The van der Waals surface area contributed by atoms with Crippen LogP contribution in [0.15, 0.2) is 47.1 Å². The molecule has 3 aromatic rings. The van der Waals surface area contributed by atoms with Gasteiger partial charge in [-0.1, -0.05) is 24.3 Å². The Morgan fingerprint density at radius 2 is 1.93 bits per heavy atom. The van der Waals surface area contributed by atoms with Crippen molar-refractivity contribution < 1.29 is 9.21 Å². The summed E-state index contributed by atoms with van der Waals surface area (Å²) >= 11 is 0. The molecule has 0 atom stereocenters. The zero-order valence-corrected chi connectivity index (χ0v) is 17.5. The van der Waals surface area contributed by atoms with E-state index in [1.54, 1.807) is 6.26 Å². The van der Waals surface area contributed by atoms with Crippen LogP contribution >= 0.6 is 0 Å². The molecular formula is C23H27N5O2. The minimum atomic E-state index is -0.118. The average molecular weight is 406 g/mol. The van der Waals surface area contributed by atoms with Gasteiger partial charge in [-0.15, -0.1) is 10.2 Å². The zero-order valence-electron chi connectivity index (χ0n) is 17.5. The van der Waals surface area contributed by atoms with Gasteiger partial charge in [0.05, 0.1) is 24.8 Å². The summed E-state index contributed by atoms with van der Waals surface area (Å²) in [7, 11) is 2.13. The molecule has 1 aromatic carbocycles. The third kappa shape index (κ3) is 3.23. The highest BCUT2D eigenvalue weighted by atomic mass is 16.3. The number of aryl methyl sites for hydroxylation is 1. The Labute approximate surface area is 176 Å². The van der Waals surface area contributed by atoms with Crippen molar-refractivity contribution in [1.82, 2.24) is 24.6 Å². The first kappa shape index (κ1) is 19.1. The molecule has 0 saturated carbocycles. The van der Waals surface area contributed by atoms with E-state index in [1.165, 1.54) is 5.56 Å². The Kier molecular flexibility index (Phi) is 4.70. The van der Waals surface area contributed by atoms with Gasteiger partial charge in [0.2, 0.25) is 5.91 Å². The second-order valence-corrected chi connectivity index (χ2v) is 8.63. The molecule has 156 valence electrons. The topological polar surface area (TPSA) is 67.4 Å². The molecule has 7 heteroatoms. The number of fused-ring (bicyclic) bond motifs is 2. The van der Waals surface area contributed by atoms with Crippen molar-refractivity contribution in [2.75, 3.05) is 26.7 Å². The summed E-state index contributed by atoms with van der Waals surface area (Å²) in [4.78, 5) is 17.3. The number of furan rings is 1. The smallest absolute Gasteiger partial charge is 0.227 e. The van der Waals surface area contributed by atoms with E-state index < -0.39 is 0 Å². The van der Waals surface area contributed by atoms with Crippen LogP contribution in [0.2, 0.25) is 0 Å². The summed E-state index contributed by atoms with van der Waals surface area (Å²) in [6, 6.07) is 11.9. The van der Waals surface area contributed by atoms with E-state index >= 15 is 0 Å². The van der Waals surface area contributed by atoms with Gasteiger partial charge in [0.25, 0.3) is 0 Å². The summed E-state index contributed by atoms with van der Waals surface area (Å²) in [5.74, 6) is 2.71. The number of amides is 1. The van der Waals surface area contributed by atoms with Gasteiger partial charge in [0.1, 0.15) is 5.82 Å². The van der Waals surface area contributed by atoms with E-state index in [1.807, 2.05) is 35.2 Å². The number of aromatic nitrogens is 3. The van der Waals surface area contributed by atoms with Gasteiger partial charge in [0, 0.05) is 19.6 Å². The molecule has 0 bridgehead atoms. The molecular weight excluding hydrogens is 378 g/mol. The van der Waals surface area contributed by atoms with E-state index in [9.17, 15) is 4.79 Å². The zero-order chi connectivity index (χ0) is 20.7. The number of piperidine rings is 1. The van der Waals surface area contributed by atoms with Crippen LogP contribution in [0.4, 0.5) is 0 Å². The van der Waals surface area contributed by atoms with Crippen LogP contribution in [0.25, 0.3) is 11.6 Å². The van der Waals surface area contributed by atoms with Crippen LogP contribution < -0.4 is 0 Å². The number of likely N-dealkylation sites (tertiary alicyclic amines) is 1. The Bertz CT molecular complexity index is 1050. The molecule has 2 aliphatic rings. The highest BCUT2D eigenvalue weighted by Gasteiger charge is 2.44. The standard InChI is InChI=1S/C23H27N5O2/c1-17-6-3-4-7-18(17)14-21(29)27-11-9-23(10-12-27)16-26(2)15-20-24-25-22(28(20)23)19-8-5-13-30-19/h3-8,13H,9-12,14-16H2,1-2H3. The summed E-state index contributed by atoms with van der Waals surface area (Å²) in [6.45, 7) is 5.24. The minimum Gasteiger partial charge on any atom is -0.461 e.